The molecular formula is C18H21N3O. The van der Waals surface area contributed by atoms with Gasteiger partial charge in [-0.2, -0.15) is 0 Å². The number of imidazole rings is 1. The molecule has 22 heavy (non-hydrogen) atoms. The Bertz CT molecular complexity index is 660. The van der Waals surface area contributed by atoms with Gasteiger partial charge in [-0.05, 0) is 31.2 Å². The van der Waals surface area contributed by atoms with Crippen LogP contribution < -0.4 is 5.32 Å². The lowest BCUT2D eigenvalue weighted by atomic mass is 10.0. The average Bonchev–Trinajstić information content (AvgIpc) is 3.19. The van der Waals surface area contributed by atoms with Gasteiger partial charge in [0, 0.05) is 6.42 Å². The minimum atomic E-state index is -0.115. The van der Waals surface area contributed by atoms with E-state index in [1.807, 2.05) is 43.5 Å². The second kappa shape index (κ2) is 6.60. The zero-order valence-electron chi connectivity index (χ0n) is 12.8. The van der Waals surface area contributed by atoms with Crippen LogP contribution in [-0.2, 0) is 4.79 Å². The standard InChI is InChI=1S/C18H21N3O/c1-13(20-17(22)11-14-7-5-6-8-14)18-19-12-16(21-18)15-9-3-2-4-10-15/h2-5,7,9-10,12-14H,6,8,11H2,1H3,(H,19,21)(H,20,22)/t13-,14+/m1/s1. The number of nitrogens with one attached hydrogen (secondary N) is 2. The molecule has 1 amide bonds. The highest BCUT2D eigenvalue weighted by atomic mass is 16.1. The number of carbonyl (C=O) groups is 1. The van der Waals surface area contributed by atoms with Crippen LogP contribution in [0.4, 0.5) is 0 Å². The van der Waals surface area contributed by atoms with Gasteiger partial charge >= 0.3 is 0 Å². The number of benzene rings is 1. The zero-order valence-corrected chi connectivity index (χ0v) is 12.8. The first-order chi connectivity index (χ1) is 10.7. The fourth-order valence-corrected chi connectivity index (χ4v) is 2.79. The van der Waals surface area contributed by atoms with E-state index in [9.17, 15) is 4.79 Å². The lowest BCUT2D eigenvalue weighted by molar-refractivity contribution is -0.122. The molecule has 1 aromatic carbocycles. The van der Waals surface area contributed by atoms with E-state index in [1.54, 1.807) is 0 Å². The molecule has 2 aromatic rings. The molecule has 0 bridgehead atoms. The average molecular weight is 295 g/mol. The number of aromatic nitrogens is 2. The van der Waals surface area contributed by atoms with E-state index in [4.69, 9.17) is 0 Å². The summed E-state index contributed by atoms with van der Waals surface area (Å²) in [6.07, 6.45) is 8.84. The van der Waals surface area contributed by atoms with Crippen LogP contribution in [0.5, 0.6) is 0 Å². The molecule has 2 N–H and O–H groups in total. The van der Waals surface area contributed by atoms with E-state index in [0.717, 1.165) is 29.9 Å². The molecule has 0 fully saturated rings. The molecule has 0 saturated heterocycles. The molecule has 2 atom stereocenters. The minimum absolute atomic E-state index is 0.0849. The van der Waals surface area contributed by atoms with Gasteiger partial charge < -0.3 is 10.3 Å². The lowest BCUT2D eigenvalue weighted by Crippen LogP contribution is -2.28. The number of hydrogen-bond acceptors (Lipinski definition) is 2. The van der Waals surface area contributed by atoms with Crippen LogP contribution in [-0.4, -0.2) is 15.9 Å². The largest absolute Gasteiger partial charge is 0.346 e. The predicted molar refractivity (Wildman–Crippen MR) is 87.1 cm³/mol. The molecule has 0 unspecified atom stereocenters. The van der Waals surface area contributed by atoms with Crippen molar-refractivity contribution in [1.82, 2.24) is 15.3 Å². The molecule has 0 radical (unpaired) electrons. The topological polar surface area (TPSA) is 57.8 Å². The van der Waals surface area contributed by atoms with Crippen molar-refractivity contribution in [1.29, 1.82) is 0 Å². The molecule has 0 spiro atoms. The summed E-state index contributed by atoms with van der Waals surface area (Å²) >= 11 is 0. The summed E-state index contributed by atoms with van der Waals surface area (Å²) in [5.41, 5.74) is 2.06. The third kappa shape index (κ3) is 3.45. The summed E-state index contributed by atoms with van der Waals surface area (Å²) in [6.45, 7) is 1.95. The molecule has 1 aromatic heterocycles. The second-order valence-electron chi connectivity index (χ2n) is 5.81. The van der Waals surface area contributed by atoms with Crippen LogP contribution in [0, 0.1) is 5.92 Å². The summed E-state index contributed by atoms with van der Waals surface area (Å²) < 4.78 is 0. The van der Waals surface area contributed by atoms with Gasteiger partial charge in [0.15, 0.2) is 0 Å². The van der Waals surface area contributed by atoms with Crippen LogP contribution in [0.15, 0.2) is 48.7 Å². The van der Waals surface area contributed by atoms with Crippen LogP contribution in [0.1, 0.15) is 38.1 Å². The van der Waals surface area contributed by atoms with Crippen molar-refractivity contribution < 1.29 is 4.79 Å². The predicted octanol–water partition coefficient (Wildman–Crippen LogP) is 3.61. The molecule has 4 nitrogen and oxygen atoms in total. The van der Waals surface area contributed by atoms with Gasteiger partial charge in [0.05, 0.1) is 17.9 Å². The summed E-state index contributed by atoms with van der Waals surface area (Å²) in [4.78, 5) is 19.8. The highest BCUT2D eigenvalue weighted by Gasteiger charge is 2.17. The Labute approximate surface area is 130 Å². The Balaban J connectivity index is 1.60. The van der Waals surface area contributed by atoms with E-state index in [-0.39, 0.29) is 11.9 Å². The number of amides is 1. The van der Waals surface area contributed by atoms with Crippen molar-refractivity contribution in [2.24, 2.45) is 5.92 Å². The third-order valence-corrected chi connectivity index (χ3v) is 4.03. The summed E-state index contributed by atoms with van der Waals surface area (Å²) in [7, 11) is 0. The first-order valence-electron chi connectivity index (χ1n) is 7.78. The number of hydrogen-bond donors (Lipinski definition) is 2. The maximum absolute atomic E-state index is 12.1. The van der Waals surface area contributed by atoms with Crippen LogP contribution in [0.2, 0.25) is 0 Å². The second-order valence-corrected chi connectivity index (χ2v) is 5.81. The SMILES string of the molecule is C[C@@H](NC(=O)C[C@H]1C=CCC1)c1ncc(-c2ccccc2)[nH]1. The fraction of sp³-hybridized carbons (Fsp3) is 0.333. The Kier molecular flexibility index (Phi) is 4.37. The Morgan fingerprint density at radius 2 is 2.23 bits per heavy atom. The summed E-state index contributed by atoms with van der Waals surface area (Å²) in [5, 5.41) is 3.02. The van der Waals surface area contributed by atoms with Crippen LogP contribution in [0.3, 0.4) is 0 Å². The monoisotopic (exact) mass is 295 g/mol. The van der Waals surface area contributed by atoms with Gasteiger partial charge in [-0.3, -0.25) is 4.79 Å². The van der Waals surface area contributed by atoms with E-state index >= 15 is 0 Å². The quantitative estimate of drug-likeness (QED) is 0.828. The van der Waals surface area contributed by atoms with Gasteiger partial charge in [0.2, 0.25) is 5.91 Å². The van der Waals surface area contributed by atoms with Gasteiger partial charge in [-0.1, -0.05) is 42.5 Å². The fourth-order valence-electron chi connectivity index (χ4n) is 2.79. The maximum atomic E-state index is 12.1. The minimum Gasteiger partial charge on any atom is -0.346 e. The van der Waals surface area contributed by atoms with Gasteiger partial charge in [0.25, 0.3) is 0 Å². The van der Waals surface area contributed by atoms with Crippen LogP contribution >= 0.6 is 0 Å². The molecule has 114 valence electrons. The van der Waals surface area contributed by atoms with E-state index in [2.05, 4.69) is 27.4 Å². The maximum Gasteiger partial charge on any atom is 0.221 e. The summed E-state index contributed by atoms with van der Waals surface area (Å²) in [6, 6.07) is 9.93. The number of carbonyl (C=O) groups excluding carboxylic acids is 1. The smallest absolute Gasteiger partial charge is 0.221 e. The van der Waals surface area contributed by atoms with Gasteiger partial charge in [0.1, 0.15) is 5.82 Å². The molecule has 1 heterocycles. The number of H-pyrrole nitrogens is 1. The molecule has 3 rings (SSSR count). The van der Waals surface area contributed by atoms with E-state index < -0.39 is 0 Å². The van der Waals surface area contributed by atoms with Crippen molar-refractivity contribution in [3.8, 4) is 11.3 Å². The first kappa shape index (κ1) is 14.6. The van der Waals surface area contributed by atoms with Crippen molar-refractivity contribution in [3.63, 3.8) is 0 Å². The molecule has 1 aliphatic rings. The number of aromatic amines is 1. The molecule has 0 aliphatic heterocycles. The zero-order chi connectivity index (χ0) is 15.4. The van der Waals surface area contributed by atoms with E-state index in [1.165, 1.54) is 0 Å². The normalized spacial score (nSPS) is 18.3. The molecule has 4 heteroatoms. The number of nitrogens with zero attached hydrogens (tertiary/aromatic N) is 1. The molecule has 1 aliphatic carbocycles. The van der Waals surface area contributed by atoms with Crippen molar-refractivity contribution in [2.75, 3.05) is 0 Å². The lowest BCUT2D eigenvalue weighted by Gasteiger charge is -2.13. The van der Waals surface area contributed by atoms with Crippen LogP contribution in [0.25, 0.3) is 11.3 Å². The Morgan fingerprint density at radius 3 is 2.95 bits per heavy atom. The Hall–Kier alpha value is -2.36. The first-order valence-corrected chi connectivity index (χ1v) is 7.78. The van der Waals surface area contributed by atoms with Crippen molar-refractivity contribution in [3.05, 3.63) is 54.5 Å². The number of allylic oxidation sites excluding steroid dienone is 2. The molecular weight excluding hydrogens is 274 g/mol. The third-order valence-electron chi connectivity index (χ3n) is 4.03. The molecule has 0 saturated carbocycles. The highest BCUT2D eigenvalue weighted by molar-refractivity contribution is 5.76. The van der Waals surface area contributed by atoms with Gasteiger partial charge in [-0.15, -0.1) is 0 Å². The highest BCUT2D eigenvalue weighted by Crippen LogP contribution is 2.21. The number of rotatable bonds is 5. The Morgan fingerprint density at radius 1 is 1.41 bits per heavy atom. The van der Waals surface area contributed by atoms with Crippen molar-refractivity contribution >= 4 is 5.91 Å². The van der Waals surface area contributed by atoms with Gasteiger partial charge in [-0.25, -0.2) is 4.98 Å². The summed E-state index contributed by atoms with van der Waals surface area (Å²) in [5.74, 6) is 1.26. The van der Waals surface area contributed by atoms with Crippen molar-refractivity contribution in [2.45, 2.75) is 32.2 Å². The van der Waals surface area contributed by atoms with E-state index in [0.29, 0.717) is 12.3 Å².